The highest BCUT2D eigenvalue weighted by molar-refractivity contribution is 5.94. The van der Waals surface area contributed by atoms with Crippen molar-refractivity contribution in [2.75, 3.05) is 13.1 Å². The zero-order valence-corrected chi connectivity index (χ0v) is 15.4. The van der Waals surface area contributed by atoms with Gasteiger partial charge >= 0.3 is 0 Å². The van der Waals surface area contributed by atoms with E-state index in [1.807, 2.05) is 54.9 Å². The van der Waals surface area contributed by atoms with E-state index in [2.05, 4.69) is 4.98 Å². The Bertz CT molecular complexity index is 967. The Kier molecular flexibility index (Phi) is 4.66. The summed E-state index contributed by atoms with van der Waals surface area (Å²) in [6, 6.07) is 15.1. The molecule has 140 valence electrons. The highest BCUT2D eigenvalue weighted by atomic mass is 19.1. The predicted octanol–water partition coefficient (Wildman–Crippen LogP) is 3.26. The molecule has 3 aromatic rings. The van der Waals surface area contributed by atoms with Crippen molar-refractivity contribution >= 4 is 16.9 Å². The van der Waals surface area contributed by atoms with E-state index in [1.54, 1.807) is 12.1 Å². The van der Waals surface area contributed by atoms with Gasteiger partial charge in [-0.3, -0.25) is 4.79 Å². The van der Waals surface area contributed by atoms with Crippen molar-refractivity contribution in [1.29, 1.82) is 0 Å². The van der Waals surface area contributed by atoms with Gasteiger partial charge in [0.05, 0.1) is 24.1 Å². The lowest BCUT2D eigenvalue weighted by Gasteiger charge is -2.16. The van der Waals surface area contributed by atoms with Gasteiger partial charge in [0.15, 0.2) is 0 Å². The molecule has 1 saturated heterocycles. The normalized spacial score (nSPS) is 19.7. The second kappa shape index (κ2) is 7.12. The van der Waals surface area contributed by atoms with Crippen molar-refractivity contribution in [3.05, 3.63) is 65.5 Å². The number of halogens is 1. The molecule has 0 aliphatic carbocycles. The van der Waals surface area contributed by atoms with E-state index < -0.39 is 12.3 Å². The van der Waals surface area contributed by atoms with Crippen LogP contribution in [0.5, 0.6) is 0 Å². The standard InChI is InChI=1S/C21H22FN3O2/c1-14-7-9-15(10-8-14)21(26)25-11-16(22)19(12-25)27-13-20-23-17-5-3-4-6-18(17)24(20)2/h3-10,16,19H,11-13H2,1-2H3. The van der Waals surface area contributed by atoms with Crippen molar-refractivity contribution < 1.29 is 13.9 Å². The summed E-state index contributed by atoms with van der Waals surface area (Å²) >= 11 is 0. The maximum atomic E-state index is 14.4. The fourth-order valence-electron chi connectivity index (χ4n) is 3.44. The number of para-hydroxylation sites is 2. The Morgan fingerprint density at radius 3 is 2.67 bits per heavy atom. The van der Waals surface area contributed by atoms with Crippen LogP contribution in [-0.2, 0) is 18.4 Å². The molecule has 0 saturated carbocycles. The first-order chi connectivity index (χ1) is 13.0. The number of hydrogen-bond acceptors (Lipinski definition) is 3. The van der Waals surface area contributed by atoms with Crippen LogP contribution in [0.1, 0.15) is 21.7 Å². The fourth-order valence-corrected chi connectivity index (χ4v) is 3.44. The Morgan fingerprint density at radius 2 is 1.93 bits per heavy atom. The van der Waals surface area contributed by atoms with Crippen LogP contribution in [0.4, 0.5) is 4.39 Å². The van der Waals surface area contributed by atoms with Crippen LogP contribution < -0.4 is 0 Å². The molecule has 5 nitrogen and oxygen atoms in total. The minimum absolute atomic E-state index is 0.0555. The predicted molar refractivity (Wildman–Crippen MR) is 101 cm³/mol. The summed E-state index contributed by atoms with van der Waals surface area (Å²) in [5.74, 6) is 0.582. The molecule has 2 atom stereocenters. The Labute approximate surface area is 157 Å². The average Bonchev–Trinajstić information content (AvgIpc) is 3.20. The molecule has 1 amide bonds. The Morgan fingerprint density at radius 1 is 1.19 bits per heavy atom. The molecular weight excluding hydrogens is 345 g/mol. The van der Waals surface area contributed by atoms with Gasteiger partial charge in [0.1, 0.15) is 24.7 Å². The van der Waals surface area contributed by atoms with E-state index >= 15 is 0 Å². The Hall–Kier alpha value is -2.73. The highest BCUT2D eigenvalue weighted by Gasteiger charge is 2.36. The minimum atomic E-state index is -1.20. The highest BCUT2D eigenvalue weighted by Crippen LogP contribution is 2.22. The maximum Gasteiger partial charge on any atom is 0.254 e. The third-order valence-corrected chi connectivity index (χ3v) is 5.09. The topological polar surface area (TPSA) is 47.4 Å². The number of carbonyl (C=O) groups is 1. The lowest BCUT2D eigenvalue weighted by Crippen LogP contribution is -2.30. The monoisotopic (exact) mass is 367 g/mol. The number of alkyl halides is 1. The number of aromatic nitrogens is 2. The van der Waals surface area contributed by atoms with Gasteiger partial charge in [0, 0.05) is 12.6 Å². The number of amides is 1. The number of ether oxygens (including phenoxy) is 1. The van der Waals surface area contributed by atoms with Crippen LogP contribution in [0.2, 0.25) is 0 Å². The summed E-state index contributed by atoms with van der Waals surface area (Å²) in [6.07, 6.45) is -1.84. The van der Waals surface area contributed by atoms with Gasteiger partial charge in [-0.05, 0) is 31.2 Å². The second-order valence-corrected chi connectivity index (χ2v) is 7.02. The van der Waals surface area contributed by atoms with E-state index in [4.69, 9.17) is 4.74 Å². The molecule has 0 bridgehead atoms. The zero-order chi connectivity index (χ0) is 19.0. The largest absolute Gasteiger partial charge is 0.365 e. The van der Waals surface area contributed by atoms with Crippen molar-refractivity contribution in [1.82, 2.24) is 14.5 Å². The van der Waals surface area contributed by atoms with Gasteiger partial charge in [-0.2, -0.15) is 0 Å². The van der Waals surface area contributed by atoms with Crippen LogP contribution in [0.25, 0.3) is 11.0 Å². The number of hydrogen-bond donors (Lipinski definition) is 0. The van der Waals surface area contributed by atoms with Crippen LogP contribution in [0.3, 0.4) is 0 Å². The number of imidazole rings is 1. The van der Waals surface area contributed by atoms with Gasteiger partial charge in [0.2, 0.25) is 0 Å². The van der Waals surface area contributed by atoms with Crippen molar-refractivity contribution in [3.63, 3.8) is 0 Å². The molecule has 0 radical (unpaired) electrons. The third-order valence-electron chi connectivity index (χ3n) is 5.09. The SMILES string of the molecule is Cc1ccc(C(=O)N2CC(F)C(OCc3nc4ccccc4n3C)C2)cc1. The molecule has 1 aliphatic rings. The lowest BCUT2D eigenvalue weighted by atomic mass is 10.1. The average molecular weight is 367 g/mol. The van der Waals surface area contributed by atoms with Crippen LogP contribution >= 0.6 is 0 Å². The molecule has 0 spiro atoms. The number of rotatable bonds is 4. The quantitative estimate of drug-likeness (QED) is 0.711. The van der Waals surface area contributed by atoms with E-state index in [0.29, 0.717) is 5.56 Å². The molecule has 2 heterocycles. The van der Waals surface area contributed by atoms with Crippen LogP contribution in [-0.4, -0.2) is 45.7 Å². The van der Waals surface area contributed by atoms with Gasteiger partial charge in [0.25, 0.3) is 5.91 Å². The van der Waals surface area contributed by atoms with E-state index in [9.17, 15) is 9.18 Å². The molecule has 0 N–H and O–H groups in total. The number of nitrogens with zero attached hydrogens (tertiary/aromatic N) is 3. The number of carbonyl (C=O) groups excluding carboxylic acids is 1. The van der Waals surface area contributed by atoms with Crippen molar-refractivity contribution in [2.45, 2.75) is 25.8 Å². The molecule has 6 heteroatoms. The van der Waals surface area contributed by atoms with Gasteiger partial charge in [-0.1, -0.05) is 29.8 Å². The molecular formula is C21H22FN3O2. The number of benzene rings is 2. The smallest absolute Gasteiger partial charge is 0.254 e. The van der Waals surface area contributed by atoms with E-state index in [1.165, 1.54) is 4.90 Å². The zero-order valence-electron chi connectivity index (χ0n) is 15.4. The summed E-state index contributed by atoms with van der Waals surface area (Å²) in [4.78, 5) is 18.6. The maximum absolute atomic E-state index is 14.4. The third kappa shape index (κ3) is 3.45. The summed E-state index contributed by atoms with van der Waals surface area (Å²) in [5.41, 5.74) is 3.55. The Balaban J connectivity index is 1.42. The van der Waals surface area contributed by atoms with Crippen LogP contribution in [0.15, 0.2) is 48.5 Å². The van der Waals surface area contributed by atoms with Crippen molar-refractivity contribution in [3.8, 4) is 0 Å². The summed E-state index contributed by atoms with van der Waals surface area (Å²) in [6.45, 7) is 2.48. The van der Waals surface area contributed by atoms with Crippen LogP contribution in [0, 0.1) is 6.92 Å². The van der Waals surface area contributed by atoms with Crippen molar-refractivity contribution in [2.24, 2.45) is 7.05 Å². The molecule has 1 aliphatic heterocycles. The molecule has 27 heavy (non-hydrogen) atoms. The summed E-state index contributed by atoms with van der Waals surface area (Å²) in [7, 11) is 1.92. The molecule has 1 fully saturated rings. The number of likely N-dealkylation sites (tertiary alicyclic amines) is 1. The summed E-state index contributed by atoms with van der Waals surface area (Å²) in [5, 5.41) is 0. The first-order valence-corrected chi connectivity index (χ1v) is 9.05. The van der Waals surface area contributed by atoms with E-state index in [0.717, 1.165) is 22.4 Å². The first kappa shape index (κ1) is 17.7. The number of fused-ring (bicyclic) bond motifs is 1. The number of aryl methyl sites for hydroxylation is 2. The van der Waals surface area contributed by atoms with E-state index in [-0.39, 0.29) is 25.6 Å². The molecule has 4 rings (SSSR count). The second-order valence-electron chi connectivity index (χ2n) is 7.02. The molecule has 1 aromatic heterocycles. The molecule has 2 aromatic carbocycles. The van der Waals surface area contributed by atoms with Gasteiger partial charge in [-0.25, -0.2) is 9.37 Å². The minimum Gasteiger partial charge on any atom is -0.365 e. The fraction of sp³-hybridized carbons (Fsp3) is 0.333. The lowest BCUT2D eigenvalue weighted by molar-refractivity contribution is 0.00774. The van der Waals surface area contributed by atoms with Gasteiger partial charge < -0.3 is 14.2 Å². The van der Waals surface area contributed by atoms with Gasteiger partial charge in [-0.15, -0.1) is 0 Å². The molecule has 2 unspecified atom stereocenters. The first-order valence-electron chi connectivity index (χ1n) is 9.05. The summed E-state index contributed by atoms with van der Waals surface area (Å²) < 4.78 is 22.2.